The van der Waals surface area contributed by atoms with Crippen molar-refractivity contribution in [3.05, 3.63) is 27.4 Å². The number of aromatic nitrogens is 1. The van der Waals surface area contributed by atoms with Gasteiger partial charge in [0.25, 0.3) is 0 Å². The molecular formula is C17H19BrFN3O5S2. The standard InChI is InChI=1S/C17H19BrFN3O5S2/c18-10-6-13-12(7-11(10)19)22-17(28-13)15(29(26,27)5-1-4-23)16(25)20-8-14(24)21-9-2-3-9/h6-7,9,15,23H,1-5,8H2,(H,20,25)(H,21,24). The zero-order valence-corrected chi connectivity index (χ0v) is 18.4. The van der Waals surface area contributed by atoms with Gasteiger partial charge in [0.2, 0.25) is 11.8 Å². The average molecular weight is 508 g/mol. The Bertz CT molecular complexity index is 1000. The molecule has 1 heterocycles. The van der Waals surface area contributed by atoms with Crippen molar-refractivity contribution in [1.29, 1.82) is 0 Å². The molecule has 0 bridgehead atoms. The summed E-state index contributed by atoms with van der Waals surface area (Å²) in [6.45, 7) is -0.707. The van der Waals surface area contributed by atoms with Crippen LogP contribution in [-0.4, -0.2) is 55.3 Å². The summed E-state index contributed by atoms with van der Waals surface area (Å²) in [6, 6.07) is 2.73. The van der Waals surface area contributed by atoms with Crippen molar-refractivity contribution in [3.8, 4) is 0 Å². The number of carbonyl (C=O) groups is 2. The number of nitrogens with one attached hydrogen (secondary N) is 2. The van der Waals surface area contributed by atoms with Crippen LogP contribution in [0.3, 0.4) is 0 Å². The number of nitrogens with zero attached hydrogens (tertiary/aromatic N) is 1. The molecule has 1 fully saturated rings. The van der Waals surface area contributed by atoms with Gasteiger partial charge in [-0.25, -0.2) is 17.8 Å². The molecule has 1 atom stereocenters. The number of thiazole rings is 1. The average Bonchev–Trinajstić information content (AvgIpc) is 3.38. The van der Waals surface area contributed by atoms with Crippen molar-refractivity contribution < 1.29 is 27.5 Å². The largest absolute Gasteiger partial charge is 0.396 e. The molecular weight excluding hydrogens is 489 g/mol. The molecule has 0 radical (unpaired) electrons. The molecule has 12 heteroatoms. The third kappa shape index (κ3) is 5.50. The Morgan fingerprint density at radius 3 is 2.76 bits per heavy atom. The first-order valence-corrected chi connectivity index (χ1v) is 12.2. The van der Waals surface area contributed by atoms with Gasteiger partial charge >= 0.3 is 0 Å². The van der Waals surface area contributed by atoms with Crippen molar-refractivity contribution in [1.82, 2.24) is 15.6 Å². The molecule has 1 aliphatic carbocycles. The first-order valence-electron chi connectivity index (χ1n) is 8.86. The molecule has 1 aromatic heterocycles. The van der Waals surface area contributed by atoms with Crippen LogP contribution in [-0.2, 0) is 19.4 Å². The van der Waals surface area contributed by atoms with Gasteiger partial charge in [-0.05, 0) is 41.3 Å². The number of amides is 2. The van der Waals surface area contributed by atoms with Crippen LogP contribution in [0.4, 0.5) is 4.39 Å². The van der Waals surface area contributed by atoms with Gasteiger partial charge in [0, 0.05) is 18.7 Å². The lowest BCUT2D eigenvalue weighted by Gasteiger charge is -2.15. The number of benzene rings is 1. The zero-order chi connectivity index (χ0) is 21.2. The highest BCUT2D eigenvalue weighted by atomic mass is 79.9. The van der Waals surface area contributed by atoms with Crippen molar-refractivity contribution >= 4 is 59.1 Å². The Hall–Kier alpha value is -1.63. The Kier molecular flexibility index (Phi) is 6.87. The summed E-state index contributed by atoms with van der Waals surface area (Å²) in [7, 11) is -4.02. The van der Waals surface area contributed by atoms with Crippen molar-refractivity contribution in [2.24, 2.45) is 0 Å². The molecule has 1 unspecified atom stereocenters. The molecule has 3 N–H and O–H groups in total. The third-order valence-electron chi connectivity index (χ3n) is 4.22. The van der Waals surface area contributed by atoms with Crippen LogP contribution >= 0.6 is 27.3 Å². The van der Waals surface area contributed by atoms with Crippen LogP contribution in [0.5, 0.6) is 0 Å². The molecule has 2 amide bonds. The van der Waals surface area contributed by atoms with Crippen LogP contribution < -0.4 is 10.6 Å². The quantitative estimate of drug-likeness (QED) is 0.471. The number of aliphatic hydroxyl groups is 1. The minimum atomic E-state index is -4.02. The van der Waals surface area contributed by atoms with E-state index >= 15 is 0 Å². The van der Waals surface area contributed by atoms with E-state index in [-0.39, 0.29) is 40.6 Å². The monoisotopic (exact) mass is 507 g/mol. The first kappa shape index (κ1) is 22.1. The van der Waals surface area contributed by atoms with E-state index in [1.54, 1.807) is 0 Å². The Morgan fingerprint density at radius 1 is 1.38 bits per heavy atom. The van der Waals surface area contributed by atoms with Gasteiger partial charge in [-0.3, -0.25) is 9.59 Å². The molecule has 0 saturated heterocycles. The lowest BCUT2D eigenvalue weighted by Crippen LogP contribution is -2.41. The van der Waals surface area contributed by atoms with Gasteiger partial charge in [-0.2, -0.15) is 0 Å². The van der Waals surface area contributed by atoms with E-state index in [9.17, 15) is 22.4 Å². The van der Waals surface area contributed by atoms with E-state index in [1.807, 2.05) is 0 Å². The zero-order valence-electron chi connectivity index (χ0n) is 15.2. The van der Waals surface area contributed by atoms with E-state index < -0.39 is 38.5 Å². The number of carbonyl (C=O) groups excluding carboxylic acids is 2. The predicted octanol–water partition coefficient (Wildman–Crippen LogP) is 1.43. The van der Waals surface area contributed by atoms with Crippen molar-refractivity contribution in [3.63, 3.8) is 0 Å². The summed E-state index contributed by atoms with van der Waals surface area (Å²) >= 11 is 4.03. The smallest absolute Gasteiger partial charge is 0.245 e. The predicted molar refractivity (Wildman–Crippen MR) is 110 cm³/mol. The second-order valence-corrected chi connectivity index (χ2v) is 10.8. The first-order chi connectivity index (χ1) is 13.7. The van der Waals surface area contributed by atoms with Gasteiger partial charge in [-0.15, -0.1) is 11.3 Å². The van der Waals surface area contributed by atoms with Crippen LogP contribution in [0.1, 0.15) is 29.5 Å². The Morgan fingerprint density at radius 2 is 2.10 bits per heavy atom. The second-order valence-electron chi connectivity index (χ2n) is 6.67. The van der Waals surface area contributed by atoms with Gasteiger partial charge in [0.15, 0.2) is 15.1 Å². The number of hydrogen-bond acceptors (Lipinski definition) is 7. The molecule has 29 heavy (non-hydrogen) atoms. The number of hydrogen-bond donors (Lipinski definition) is 3. The highest BCUT2D eigenvalue weighted by molar-refractivity contribution is 9.10. The highest BCUT2D eigenvalue weighted by Crippen LogP contribution is 2.34. The number of aliphatic hydroxyl groups excluding tert-OH is 1. The molecule has 0 aliphatic heterocycles. The van der Waals surface area contributed by atoms with E-state index in [0.717, 1.165) is 30.2 Å². The third-order valence-corrected chi connectivity index (χ3v) is 8.07. The molecule has 1 saturated carbocycles. The molecule has 8 nitrogen and oxygen atoms in total. The van der Waals surface area contributed by atoms with E-state index in [0.29, 0.717) is 4.70 Å². The molecule has 1 aromatic carbocycles. The molecule has 0 spiro atoms. The molecule has 158 valence electrons. The Balaban J connectivity index is 1.87. The second kappa shape index (κ2) is 9.02. The normalized spacial score (nSPS) is 15.3. The summed E-state index contributed by atoms with van der Waals surface area (Å²) in [5, 5.41) is 12.4. The summed E-state index contributed by atoms with van der Waals surface area (Å²) in [5.74, 6) is -2.27. The van der Waals surface area contributed by atoms with Crippen LogP contribution in [0.15, 0.2) is 16.6 Å². The number of fused-ring (bicyclic) bond motifs is 1. The summed E-state index contributed by atoms with van der Waals surface area (Å²) < 4.78 is 40.1. The maximum atomic E-state index is 13.8. The maximum absolute atomic E-state index is 13.8. The maximum Gasteiger partial charge on any atom is 0.245 e. The van der Waals surface area contributed by atoms with Crippen molar-refractivity contribution in [2.45, 2.75) is 30.6 Å². The molecule has 3 rings (SSSR count). The minimum Gasteiger partial charge on any atom is -0.396 e. The van der Waals surface area contributed by atoms with Gasteiger partial charge < -0.3 is 15.7 Å². The van der Waals surface area contributed by atoms with Crippen LogP contribution in [0.2, 0.25) is 0 Å². The minimum absolute atomic E-state index is 0.0180. The molecule has 1 aliphatic rings. The summed E-state index contributed by atoms with van der Waals surface area (Å²) in [5.41, 5.74) is 0.229. The van der Waals surface area contributed by atoms with E-state index in [1.165, 1.54) is 6.07 Å². The van der Waals surface area contributed by atoms with Crippen LogP contribution in [0, 0.1) is 5.82 Å². The van der Waals surface area contributed by atoms with Gasteiger partial charge in [0.05, 0.1) is 27.0 Å². The lowest BCUT2D eigenvalue weighted by molar-refractivity contribution is -0.126. The summed E-state index contributed by atoms with van der Waals surface area (Å²) in [6.07, 6.45) is 1.73. The van der Waals surface area contributed by atoms with Crippen LogP contribution in [0.25, 0.3) is 10.2 Å². The van der Waals surface area contributed by atoms with E-state index in [2.05, 4.69) is 31.5 Å². The summed E-state index contributed by atoms with van der Waals surface area (Å²) in [4.78, 5) is 28.7. The SMILES string of the molecule is O=C(CNC(=O)C(c1nc2cc(F)c(Br)cc2s1)S(=O)(=O)CCCO)NC1CC1. The van der Waals surface area contributed by atoms with Gasteiger partial charge in [0.1, 0.15) is 10.8 Å². The lowest BCUT2D eigenvalue weighted by atomic mass is 10.3. The number of sulfone groups is 1. The van der Waals surface area contributed by atoms with Gasteiger partial charge in [-0.1, -0.05) is 0 Å². The Labute approximate surface area is 178 Å². The fraction of sp³-hybridized carbons (Fsp3) is 0.471. The van der Waals surface area contributed by atoms with Crippen molar-refractivity contribution in [2.75, 3.05) is 18.9 Å². The fourth-order valence-corrected chi connectivity index (χ4v) is 6.22. The highest BCUT2D eigenvalue weighted by Gasteiger charge is 2.37. The topological polar surface area (TPSA) is 125 Å². The number of rotatable bonds is 9. The fourth-order valence-electron chi connectivity index (χ4n) is 2.63. The van der Waals surface area contributed by atoms with E-state index in [4.69, 9.17) is 5.11 Å². The number of halogens is 2. The molecule has 2 aromatic rings.